The second-order valence-corrected chi connectivity index (χ2v) is 8.06. The number of nitrogens with zero attached hydrogens (tertiary/aromatic N) is 2. The van der Waals surface area contributed by atoms with Crippen LogP contribution in [0.5, 0.6) is 0 Å². The predicted octanol–water partition coefficient (Wildman–Crippen LogP) is 2.30. The van der Waals surface area contributed by atoms with Crippen molar-refractivity contribution in [2.75, 3.05) is 26.2 Å². The van der Waals surface area contributed by atoms with Crippen molar-refractivity contribution in [3.63, 3.8) is 0 Å². The monoisotopic (exact) mass is 385 g/mol. The third kappa shape index (κ3) is 4.91. The van der Waals surface area contributed by atoms with Gasteiger partial charge in [0.2, 0.25) is 11.8 Å². The highest BCUT2D eigenvalue weighted by molar-refractivity contribution is 5.94. The van der Waals surface area contributed by atoms with Crippen LogP contribution in [0.25, 0.3) is 0 Å². The van der Waals surface area contributed by atoms with Crippen LogP contribution in [0.3, 0.4) is 0 Å². The second-order valence-electron chi connectivity index (χ2n) is 8.06. The van der Waals surface area contributed by atoms with Crippen LogP contribution in [0.2, 0.25) is 0 Å². The molecule has 1 aromatic carbocycles. The van der Waals surface area contributed by atoms with Crippen LogP contribution in [-0.2, 0) is 9.59 Å². The SMILES string of the molecule is CCC1CN(C(=O)c2ccccc2)CCC1CC(=O)N1CCC(NC(C)=O)C1. The number of rotatable bonds is 5. The molecule has 6 heteroatoms. The minimum absolute atomic E-state index is 0.0409. The lowest BCUT2D eigenvalue weighted by Crippen LogP contribution is -2.45. The number of carbonyl (C=O) groups excluding carboxylic acids is 3. The summed E-state index contributed by atoms with van der Waals surface area (Å²) in [6.07, 6.45) is 3.20. The first-order valence-electron chi connectivity index (χ1n) is 10.4. The molecule has 0 aromatic heterocycles. The Morgan fingerprint density at radius 3 is 2.39 bits per heavy atom. The van der Waals surface area contributed by atoms with Crippen molar-refractivity contribution < 1.29 is 14.4 Å². The summed E-state index contributed by atoms with van der Waals surface area (Å²) < 4.78 is 0. The number of hydrogen-bond donors (Lipinski definition) is 1. The smallest absolute Gasteiger partial charge is 0.253 e. The predicted molar refractivity (Wildman–Crippen MR) is 108 cm³/mol. The molecule has 3 rings (SSSR count). The van der Waals surface area contributed by atoms with E-state index in [1.807, 2.05) is 40.1 Å². The Kier molecular flexibility index (Phi) is 6.70. The zero-order chi connectivity index (χ0) is 20.1. The first-order chi connectivity index (χ1) is 13.5. The Bertz CT molecular complexity index is 706. The summed E-state index contributed by atoms with van der Waals surface area (Å²) in [6.45, 7) is 6.40. The zero-order valence-electron chi connectivity index (χ0n) is 16.9. The van der Waals surface area contributed by atoms with Crippen LogP contribution in [0, 0.1) is 11.8 Å². The molecule has 28 heavy (non-hydrogen) atoms. The average molecular weight is 386 g/mol. The molecule has 2 saturated heterocycles. The van der Waals surface area contributed by atoms with Gasteiger partial charge in [0, 0.05) is 51.1 Å². The van der Waals surface area contributed by atoms with Crippen molar-refractivity contribution in [3.8, 4) is 0 Å². The van der Waals surface area contributed by atoms with Gasteiger partial charge in [-0.1, -0.05) is 31.5 Å². The fourth-order valence-corrected chi connectivity index (χ4v) is 4.51. The summed E-state index contributed by atoms with van der Waals surface area (Å²) in [5.74, 6) is 0.887. The number of nitrogens with one attached hydrogen (secondary N) is 1. The molecule has 0 spiro atoms. The van der Waals surface area contributed by atoms with Crippen molar-refractivity contribution in [1.82, 2.24) is 15.1 Å². The number of benzene rings is 1. The molecule has 6 nitrogen and oxygen atoms in total. The summed E-state index contributed by atoms with van der Waals surface area (Å²) in [6, 6.07) is 9.49. The van der Waals surface area contributed by atoms with Crippen LogP contribution in [-0.4, -0.2) is 59.7 Å². The standard InChI is InChI=1S/C22H31N3O3/c1-3-17-14-25(22(28)18-7-5-4-6-8-18)11-9-19(17)13-21(27)24-12-10-20(15-24)23-16(2)26/h4-8,17,19-20H,3,9-15H2,1-2H3,(H,23,26). The zero-order valence-corrected chi connectivity index (χ0v) is 16.9. The third-order valence-corrected chi connectivity index (χ3v) is 6.11. The maximum atomic E-state index is 12.8. The van der Waals surface area contributed by atoms with Gasteiger partial charge in [0.1, 0.15) is 0 Å². The van der Waals surface area contributed by atoms with Gasteiger partial charge < -0.3 is 15.1 Å². The Morgan fingerprint density at radius 2 is 1.71 bits per heavy atom. The second kappa shape index (κ2) is 9.22. The van der Waals surface area contributed by atoms with Gasteiger partial charge in [-0.25, -0.2) is 0 Å². The van der Waals surface area contributed by atoms with Gasteiger partial charge in [-0.05, 0) is 36.8 Å². The summed E-state index contributed by atoms with van der Waals surface area (Å²) >= 11 is 0. The van der Waals surface area contributed by atoms with Gasteiger partial charge in [0.05, 0.1) is 0 Å². The Hall–Kier alpha value is -2.37. The first-order valence-corrected chi connectivity index (χ1v) is 10.4. The van der Waals surface area contributed by atoms with E-state index >= 15 is 0 Å². The Balaban J connectivity index is 1.54. The minimum Gasteiger partial charge on any atom is -0.352 e. The lowest BCUT2D eigenvalue weighted by molar-refractivity contribution is -0.132. The molecule has 2 aliphatic heterocycles. The quantitative estimate of drug-likeness (QED) is 0.846. The van der Waals surface area contributed by atoms with E-state index in [1.54, 1.807) is 0 Å². The van der Waals surface area contributed by atoms with Crippen LogP contribution in [0.15, 0.2) is 30.3 Å². The number of piperidine rings is 1. The van der Waals surface area contributed by atoms with Crippen LogP contribution in [0.4, 0.5) is 0 Å². The lowest BCUT2D eigenvalue weighted by Gasteiger charge is -2.38. The van der Waals surface area contributed by atoms with Gasteiger partial charge in [0.25, 0.3) is 5.91 Å². The lowest BCUT2D eigenvalue weighted by atomic mass is 9.81. The van der Waals surface area contributed by atoms with E-state index in [-0.39, 0.29) is 23.8 Å². The average Bonchev–Trinajstić information content (AvgIpc) is 3.16. The molecule has 0 radical (unpaired) electrons. The van der Waals surface area contributed by atoms with Gasteiger partial charge in [0.15, 0.2) is 0 Å². The van der Waals surface area contributed by atoms with Gasteiger partial charge in [-0.3, -0.25) is 14.4 Å². The van der Waals surface area contributed by atoms with Gasteiger partial charge >= 0.3 is 0 Å². The fraction of sp³-hybridized carbons (Fsp3) is 0.591. The number of likely N-dealkylation sites (tertiary alicyclic amines) is 2. The van der Waals surface area contributed by atoms with Crippen LogP contribution >= 0.6 is 0 Å². The molecule has 1 N–H and O–H groups in total. The van der Waals surface area contributed by atoms with Crippen LogP contribution in [0.1, 0.15) is 49.9 Å². The molecule has 0 saturated carbocycles. The van der Waals surface area contributed by atoms with E-state index in [4.69, 9.17) is 0 Å². The van der Waals surface area contributed by atoms with Crippen molar-refractivity contribution in [3.05, 3.63) is 35.9 Å². The van der Waals surface area contributed by atoms with Gasteiger partial charge in [-0.15, -0.1) is 0 Å². The summed E-state index contributed by atoms with van der Waals surface area (Å²) in [5.41, 5.74) is 0.730. The van der Waals surface area contributed by atoms with Crippen molar-refractivity contribution in [1.29, 1.82) is 0 Å². The molecule has 3 amide bonds. The molecule has 3 atom stereocenters. The van der Waals surface area contributed by atoms with Crippen molar-refractivity contribution >= 4 is 17.7 Å². The van der Waals surface area contributed by atoms with E-state index in [0.717, 1.165) is 31.4 Å². The highest BCUT2D eigenvalue weighted by atomic mass is 16.2. The van der Waals surface area contributed by atoms with E-state index < -0.39 is 0 Å². The molecular formula is C22H31N3O3. The summed E-state index contributed by atoms with van der Waals surface area (Å²) in [7, 11) is 0. The highest BCUT2D eigenvalue weighted by Crippen LogP contribution is 2.30. The van der Waals surface area contributed by atoms with Crippen LogP contribution < -0.4 is 5.32 Å². The maximum Gasteiger partial charge on any atom is 0.253 e. The van der Waals surface area contributed by atoms with Crippen molar-refractivity contribution in [2.45, 2.75) is 45.6 Å². The normalized spacial score (nSPS) is 24.9. The number of carbonyl (C=O) groups is 3. The molecule has 1 aromatic rings. The topological polar surface area (TPSA) is 69.7 Å². The third-order valence-electron chi connectivity index (χ3n) is 6.11. The van der Waals surface area contributed by atoms with E-state index in [1.165, 1.54) is 6.92 Å². The van der Waals surface area contributed by atoms with E-state index in [0.29, 0.717) is 37.9 Å². The molecule has 2 fully saturated rings. The minimum atomic E-state index is -0.0409. The molecular weight excluding hydrogens is 354 g/mol. The fourth-order valence-electron chi connectivity index (χ4n) is 4.51. The van der Waals surface area contributed by atoms with Crippen molar-refractivity contribution in [2.24, 2.45) is 11.8 Å². The van der Waals surface area contributed by atoms with Gasteiger partial charge in [-0.2, -0.15) is 0 Å². The molecule has 152 valence electrons. The molecule has 0 bridgehead atoms. The number of amides is 3. The largest absolute Gasteiger partial charge is 0.352 e. The number of hydrogen-bond acceptors (Lipinski definition) is 3. The highest BCUT2D eigenvalue weighted by Gasteiger charge is 2.34. The summed E-state index contributed by atoms with van der Waals surface area (Å²) in [5, 5.41) is 2.91. The molecule has 0 aliphatic carbocycles. The maximum absolute atomic E-state index is 12.8. The van der Waals surface area contributed by atoms with E-state index in [2.05, 4.69) is 12.2 Å². The molecule has 3 unspecified atom stereocenters. The molecule has 2 aliphatic rings. The van der Waals surface area contributed by atoms with E-state index in [9.17, 15) is 14.4 Å². The molecule has 2 heterocycles. The summed E-state index contributed by atoms with van der Waals surface area (Å²) in [4.78, 5) is 40.6. The Morgan fingerprint density at radius 1 is 1.00 bits per heavy atom. The first kappa shape index (κ1) is 20.4. The Labute approximate surface area is 167 Å².